The molecule has 0 atom stereocenters. The van der Waals surface area contributed by atoms with E-state index in [1.165, 1.54) is 66.8 Å². The van der Waals surface area contributed by atoms with Gasteiger partial charge in [-0.05, 0) is 125 Å². The molecule has 0 saturated carbocycles. The van der Waals surface area contributed by atoms with Crippen LogP contribution in [0.25, 0.3) is 72.5 Å². The predicted octanol–water partition coefficient (Wildman–Crippen LogP) is 16.9. The fourth-order valence-electron chi connectivity index (χ4n) is 10.6. The molecule has 2 nitrogen and oxygen atoms in total. The second kappa shape index (κ2) is 16.5. The molecular weight excluding hydrogens is 809 g/mol. The average Bonchev–Trinajstić information content (AvgIpc) is 3.76. The molecule has 9 aromatic carbocycles. The Bertz CT molecular complexity index is 3310. The van der Waals surface area contributed by atoms with Gasteiger partial charge < -0.3 is 0 Å². The first-order chi connectivity index (χ1) is 32.6. The van der Waals surface area contributed by atoms with Crippen LogP contribution in [0.2, 0.25) is 0 Å². The second-order valence-electron chi connectivity index (χ2n) is 19.1. The molecule has 0 N–H and O–H groups in total. The molecule has 0 radical (unpaired) electrons. The molecule has 0 unspecified atom stereocenters. The van der Waals surface area contributed by atoms with Crippen molar-refractivity contribution in [2.24, 2.45) is 9.98 Å². The second-order valence-corrected chi connectivity index (χ2v) is 19.1. The molecular formula is C65H52N2. The largest absolute Gasteiger partial charge is 0.233 e. The fourth-order valence-corrected chi connectivity index (χ4v) is 10.6. The summed E-state index contributed by atoms with van der Waals surface area (Å²) in [5.74, 6) is 0.603. The fraction of sp³-hybridized carbons (Fsp3) is 0.108. The Morgan fingerprint density at radius 3 is 1.21 bits per heavy atom. The van der Waals surface area contributed by atoms with Crippen LogP contribution in [0, 0.1) is 0 Å². The summed E-state index contributed by atoms with van der Waals surface area (Å²) in [4.78, 5) is 10.9. The summed E-state index contributed by atoms with van der Waals surface area (Å²) in [6.45, 7) is 16.1. The third-order valence-corrected chi connectivity index (χ3v) is 14.3. The Balaban J connectivity index is 1.13. The van der Waals surface area contributed by atoms with Crippen LogP contribution < -0.4 is 0 Å². The molecule has 2 aliphatic rings. The zero-order valence-electron chi connectivity index (χ0n) is 38.8. The van der Waals surface area contributed by atoms with Gasteiger partial charge in [0.25, 0.3) is 0 Å². The SMILES string of the molecule is C=C(N=C(N=C(C)c1ccc(-c2ccccc2)cc1)c1cc(-c2cccc3c2-c2ccccc2C3(C)C)cc(-c2cccc3c2-c2ccccc2C3(C)C)c1)c1ccc(-c2ccccc2)cc1. The van der Waals surface area contributed by atoms with Crippen molar-refractivity contribution in [1.29, 1.82) is 0 Å². The van der Waals surface area contributed by atoms with E-state index in [1.54, 1.807) is 0 Å². The summed E-state index contributed by atoms with van der Waals surface area (Å²) in [5.41, 5.74) is 23.9. The van der Waals surface area contributed by atoms with Gasteiger partial charge in [0, 0.05) is 22.1 Å². The van der Waals surface area contributed by atoms with E-state index in [-0.39, 0.29) is 10.8 Å². The lowest BCUT2D eigenvalue weighted by atomic mass is 9.81. The van der Waals surface area contributed by atoms with E-state index in [0.717, 1.165) is 44.7 Å². The van der Waals surface area contributed by atoms with E-state index in [0.29, 0.717) is 11.5 Å². The lowest BCUT2D eigenvalue weighted by molar-refractivity contribution is 0.660. The Morgan fingerprint density at radius 2 is 0.731 bits per heavy atom. The van der Waals surface area contributed by atoms with Gasteiger partial charge in [-0.15, -0.1) is 0 Å². The van der Waals surface area contributed by atoms with Crippen LogP contribution in [0.5, 0.6) is 0 Å². The molecule has 0 spiro atoms. The van der Waals surface area contributed by atoms with Crippen LogP contribution in [-0.2, 0) is 10.8 Å². The maximum atomic E-state index is 5.49. The number of hydrogen-bond donors (Lipinski definition) is 0. The predicted molar refractivity (Wildman–Crippen MR) is 284 cm³/mol. The maximum Gasteiger partial charge on any atom is 0.160 e. The van der Waals surface area contributed by atoms with Gasteiger partial charge in [0.05, 0.1) is 5.70 Å². The molecule has 2 heteroatoms. The van der Waals surface area contributed by atoms with Gasteiger partial charge >= 0.3 is 0 Å². The van der Waals surface area contributed by atoms with Crippen molar-refractivity contribution in [3.05, 3.63) is 258 Å². The van der Waals surface area contributed by atoms with Gasteiger partial charge in [-0.25, -0.2) is 9.98 Å². The molecule has 0 amide bonds. The molecule has 9 aromatic rings. The maximum absolute atomic E-state index is 5.49. The van der Waals surface area contributed by atoms with Crippen molar-refractivity contribution in [1.82, 2.24) is 0 Å². The quantitative estimate of drug-likeness (QED) is 0.107. The minimum absolute atomic E-state index is 0.143. The van der Waals surface area contributed by atoms with Gasteiger partial charge in [0.2, 0.25) is 0 Å². The lowest BCUT2D eigenvalue weighted by Gasteiger charge is -2.22. The summed E-state index contributed by atoms with van der Waals surface area (Å²) >= 11 is 0. The molecule has 0 bridgehead atoms. The summed E-state index contributed by atoms with van der Waals surface area (Å²) < 4.78 is 0. The first-order valence-corrected chi connectivity index (χ1v) is 23.3. The molecule has 0 aliphatic heterocycles. The normalized spacial score (nSPS) is 14.2. The number of hydrogen-bond acceptors (Lipinski definition) is 1. The third kappa shape index (κ3) is 7.30. The Morgan fingerprint density at radius 1 is 0.343 bits per heavy atom. The van der Waals surface area contributed by atoms with E-state index in [9.17, 15) is 0 Å². The number of amidine groups is 1. The molecule has 0 fully saturated rings. The zero-order chi connectivity index (χ0) is 45.9. The molecule has 0 saturated heterocycles. The minimum atomic E-state index is -0.143. The smallest absolute Gasteiger partial charge is 0.160 e. The number of nitrogens with zero attached hydrogens (tertiary/aromatic N) is 2. The molecule has 2 aliphatic carbocycles. The summed E-state index contributed by atoms with van der Waals surface area (Å²) in [7, 11) is 0. The summed E-state index contributed by atoms with van der Waals surface area (Å²) in [6, 6.07) is 76.7. The van der Waals surface area contributed by atoms with Crippen LogP contribution in [0.4, 0.5) is 0 Å². The molecule has 0 aromatic heterocycles. The van der Waals surface area contributed by atoms with Crippen molar-refractivity contribution < 1.29 is 0 Å². The van der Waals surface area contributed by atoms with Crippen molar-refractivity contribution >= 4 is 17.2 Å². The Hall–Kier alpha value is -7.94. The first kappa shape index (κ1) is 41.7. The number of fused-ring (bicyclic) bond motifs is 6. The molecule has 322 valence electrons. The standard InChI is InChI=1S/C65H52N2/c1-42(44-31-35-48(36-32-44)46-19-9-7-10-20-46)66-63(67-43(2)45-33-37-49(38-34-45)47-21-11-8-12-22-47)52-40-50(53-25-17-29-59-61(53)55-23-13-15-27-57(55)64(59,3)4)39-51(41-52)54-26-18-30-60-62(54)56-24-14-16-28-58(56)65(60,5)6/h7-41H,1H2,2-6H3. The highest BCUT2D eigenvalue weighted by Gasteiger charge is 2.38. The van der Waals surface area contributed by atoms with Crippen LogP contribution in [0.1, 0.15) is 73.6 Å². The van der Waals surface area contributed by atoms with Crippen LogP contribution >= 0.6 is 0 Å². The third-order valence-electron chi connectivity index (χ3n) is 14.3. The van der Waals surface area contributed by atoms with Gasteiger partial charge in [-0.3, -0.25) is 0 Å². The van der Waals surface area contributed by atoms with Crippen LogP contribution in [0.15, 0.2) is 229 Å². The van der Waals surface area contributed by atoms with Gasteiger partial charge in [-0.2, -0.15) is 0 Å². The minimum Gasteiger partial charge on any atom is -0.233 e. The van der Waals surface area contributed by atoms with Gasteiger partial charge in [0.1, 0.15) is 0 Å². The van der Waals surface area contributed by atoms with Gasteiger partial charge in [-0.1, -0.05) is 228 Å². The van der Waals surface area contributed by atoms with E-state index >= 15 is 0 Å². The average molecular weight is 861 g/mol. The lowest BCUT2D eigenvalue weighted by Crippen LogP contribution is -2.14. The molecule has 0 heterocycles. The Kier molecular flexibility index (Phi) is 10.3. The van der Waals surface area contributed by atoms with Crippen molar-refractivity contribution in [3.8, 4) is 66.8 Å². The summed E-state index contributed by atoms with van der Waals surface area (Å²) in [6.07, 6.45) is 0. The highest BCUT2D eigenvalue weighted by molar-refractivity contribution is 6.14. The number of aliphatic imine (C=N–C) groups is 2. The number of rotatable bonds is 8. The van der Waals surface area contributed by atoms with Crippen molar-refractivity contribution in [2.75, 3.05) is 0 Å². The molecule has 67 heavy (non-hydrogen) atoms. The monoisotopic (exact) mass is 860 g/mol. The molecule has 11 rings (SSSR count). The van der Waals surface area contributed by atoms with E-state index in [1.807, 2.05) is 6.07 Å². The van der Waals surface area contributed by atoms with Crippen molar-refractivity contribution in [2.45, 2.75) is 45.4 Å². The van der Waals surface area contributed by atoms with E-state index in [2.05, 4.69) is 247 Å². The first-order valence-electron chi connectivity index (χ1n) is 23.3. The zero-order valence-corrected chi connectivity index (χ0v) is 38.8. The van der Waals surface area contributed by atoms with Crippen molar-refractivity contribution in [3.63, 3.8) is 0 Å². The number of benzene rings is 9. The topological polar surface area (TPSA) is 24.7 Å². The van der Waals surface area contributed by atoms with E-state index < -0.39 is 0 Å². The highest BCUT2D eigenvalue weighted by atomic mass is 14.9. The van der Waals surface area contributed by atoms with Crippen LogP contribution in [0.3, 0.4) is 0 Å². The highest BCUT2D eigenvalue weighted by Crippen LogP contribution is 2.54. The van der Waals surface area contributed by atoms with Crippen LogP contribution in [-0.4, -0.2) is 11.5 Å². The summed E-state index contributed by atoms with van der Waals surface area (Å²) in [5, 5.41) is 0. The Labute approximate surface area is 395 Å². The van der Waals surface area contributed by atoms with Gasteiger partial charge in [0.15, 0.2) is 5.84 Å². The van der Waals surface area contributed by atoms with E-state index in [4.69, 9.17) is 9.98 Å².